The van der Waals surface area contributed by atoms with Gasteiger partial charge in [0.15, 0.2) is 11.6 Å². The van der Waals surface area contributed by atoms with Crippen LogP contribution in [-0.2, 0) is 10.0 Å². The van der Waals surface area contributed by atoms with E-state index in [2.05, 4.69) is 17.2 Å². The molecule has 0 spiro atoms. The molecule has 0 aromatic heterocycles. The van der Waals surface area contributed by atoms with Crippen molar-refractivity contribution in [3.63, 3.8) is 0 Å². The Hall–Kier alpha value is -2.89. The van der Waals surface area contributed by atoms with Gasteiger partial charge in [-0.3, -0.25) is 4.79 Å². The Kier molecular flexibility index (Phi) is 8.19. The van der Waals surface area contributed by atoms with Crippen LogP contribution < -0.4 is 10.1 Å². The van der Waals surface area contributed by atoms with E-state index in [0.29, 0.717) is 18.7 Å². The van der Waals surface area contributed by atoms with Gasteiger partial charge in [-0.25, -0.2) is 12.8 Å². The number of hydrogen-bond acceptors (Lipinski definition) is 4. The first-order chi connectivity index (χ1) is 13.9. The molecule has 0 atom stereocenters. The van der Waals surface area contributed by atoms with Gasteiger partial charge in [-0.05, 0) is 36.4 Å². The molecule has 1 amide bonds. The molecule has 0 radical (unpaired) electrons. The number of amides is 1. The minimum Gasteiger partial charge on any atom is -0.478 e. The highest BCUT2D eigenvalue weighted by molar-refractivity contribution is 7.89. The van der Waals surface area contributed by atoms with Crippen molar-refractivity contribution in [2.45, 2.75) is 18.7 Å². The van der Waals surface area contributed by atoms with Crippen molar-refractivity contribution >= 4 is 15.9 Å². The van der Waals surface area contributed by atoms with Gasteiger partial charge in [0.1, 0.15) is 6.61 Å². The Labute approximate surface area is 170 Å². The smallest absolute Gasteiger partial charge is 0.252 e. The van der Waals surface area contributed by atoms with E-state index in [1.165, 1.54) is 40.7 Å². The van der Waals surface area contributed by atoms with Crippen LogP contribution >= 0.6 is 0 Å². The topological polar surface area (TPSA) is 75.7 Å². The highest BCUT2D eigenvalue weighted by Crippen LogP contribution is 2.16. The Morgan fingerprint density at radius 3 is 2.34 bits per heavy atom. The van der Waals surface area contributed by atoms with Crippen LogP contribution in [0.1, 0.15) is 24.2 Å². The second-order valence-corrected chi connectivity index (χ2v) is 7.81. The number of hydrogen-bond donors (Lipinski definition) is 1. The predicted molar refractivity (Wildman–Crippen MR) is 109 cm³/mol. The van der Waals surface area contributed by atoms with Crippen LogP contribution in [0, 0.1) is 17.7 Å². The summed E-state index contributed by atoms with van der Waals surface area (Å²) in [6, 6.07) is 11.8. The average Bonchev–Trinajstić information content (AvgIpc) is 2.72. The van der Waals surface area contributed by atoms with E-state index in [1.807, 2.05) is 0 Å². The van der Waals surface area contributed by atoms with Gasteiger partial charge in [-0.1, -0.05) is 37.8 Å². The van der Waals surface area contributed by atoms with Crippen LogP contribution in [0.3, 0.4) is 0 Å². The lowest BCUT2D eigenvalue weighted by Crippen LogP contribution is -2.30. The molecule has 0 aliphatic rings. The van der Waals surface area contributed by atoms with Crippen molar-refractivity contribution in [1.82, 2.24) is 9.62 Å². The molecule has 0 heterocycles. The molecule has 0 aliphatic carbocycles. The summed E-state index contributed by atoms with van der Waals surface area (Å²) in [6.07, 6.45) is 0. The summed E-state index contributed by atoms with van der Waals surface area (Å²) in [5.74, 6) is 4.67. The van der Waals surface area contributed by atoms with Crippen LogP contribution in [0.5, 0.6) is 5.75 Å². The third-order valence-corrected chi connectivity index (χ3v) is 6.12. The molecular formula is C21H23FN2O4S. The first kappa shape index (κ1) is 22.4. The molecular weight excluding hydrogens is 395 g/mol. The third-order valence-electron chi connectivity index (χ3n) is 4.06. The van der Waals surface area contributed by atoms with Crippen molar-refractivity contribution in [3.05, 3.63) is 59.9 Å². The Morgan fingerprint density at radius 2 is 1.72 bits per heavy atom. The van der Waals surface area contributed by atoms with Crippen molar-refractivity contribution < 1.29 is 22.3 Å². The molecule has 0 unspecified atom stereocenters. The van der Waals surface area contributed by atoms with E-state index in [1.54, 1.807) is 26.0 Å². The zero-order valence-corrected chi connectivity index (χ0v) is 17.1. The van der Waals surface area contributed by atoms with Gasteiger partial charge >= 0.3 is 0 Å². The van der Waals surface area contributed by atoms with E-state index in [9.17, 15) is 17.6 Å². The van der Waals surface area contributed by atoms with Crippen LogP contribution in [0.25, 0.3) is 0 Å². The summed E-state index contributed by atoms with van der Waals surface area (Å²) in [5.41, 5.74) is 0.327. The molecule has 6 nitrogen and oxygen atoms in total. The van der Waals surface area contributed by atoms with Gasteiger partial charge < -0.3 is 10.1 Å². The lowest BCUT2D eigenvalue weighted by molar-refractivity contribution is 0.0958. The minimum absolute atomic E-state index is 0.00524. The lowest BCUT2D eigenvalue weighted by Gasteiger charge is -2.18. The Balaban J connectivity index is 1.87. The molecule has 29 heavy (non-hydrogen) atoms. The quantitative estimate of drug-likeness (QED) is 0.669. The van der Waals surface area contributed by atoms with Gasteiger partial charge in [-0.2, -0.15) is 4.31 Å². The summed E-state index contributed by atoms with van der Waals surface area (Å²) < 4.78 is 44.8. The number of ether oxygens (including phenoxy) is 1. The van der Waals surface area contributed by atoms with Gasteiger partial charge in [0.05, 0.1) is 11.4 Å². The number of carbonyl (C=O) groups is 1. The highest BCUT2D eigenvalue weighted by atomic mass is 32.2. The first-order valence-electron chi connectivity index (χ1n) is 9.11. The molecule has 0 bridgehead atoms. The number of rotatable bonds is 8. The van der Waals surface area contributed by atoms with Crippen molar-refractivity contribution in [2.24, 2.45) is 0 Å². The summed E-state index contributed by atoms with van der Waals surface area (Å²) in [6.45, 7) is 4.37. The number of sulfonamides is 1. The fraction of sp³-hybridized carbons (Fsp3) is 0.286. The first-order valence-corrected chi connectivity index (χ1v) is 10.6. The number of carbonyl (C=O) groups excluding carboxylic acids is 1. The monoisotopic (exact) mass is 418 g/mol. The van der Waals surface area contributed by atoms with Crippen molar-refractivity contribution in [1.29, 1.82) is 0 Å². The summed E-state index contributed by atoms with van der Waals surface area (Å²) in [7, 11) is -3.56. The largest absolute Gasteiger partial charge is 0.478 e. The Bertz CT molecular complexity index is 991. The zero-order valence-electron chi connectivity index (χ0n) is 16.3. The van der Waals surface area contributed by atoms with Crippen LogP contribution in [0.4, 0.5) is 4.39 Å². The standard InChI is InChI=1S/C21H23FN2O4S/c1-3-24(4-2)29(26,27)18-13-11-17(12-14-18)21(25)23-15-7-8-16-28-20-10-6-5-9-19(20)22/h5-6,9-14H,3-4,15-16H2,1-2H3,(H,23,25). The Morgan fingerprint density at radius 1 is 1.07 bits per heavy atom. The van der Waals surface area contributed by atoms with Gasteiger partial charge in [0.25, 0.3) is 5.91 Å². The number of para-hydroxylation sites is 1. The van der Waals surface area contributed by atoms with Gasteiger partial charge in [0.2, 0.25) is 10.0 Å². The zero-order chi connectivity index (χ0) is 21.3. The van der Waals surface area contributed by atoms with Crippen LogP contribution in [0.2, 0.25) is 0 Å². The van der Waals surface area contributed by atoms with Crippen molar-refractivity contribution in [2.75, 3.05) is 26.2 Å². The second kappa shape index (κ2) is 10.6. The highest BCUT2D eigenvalue weighted by Gasteiger charge is 2.21. The molecule has 154 valence electrons. The summed E-state index contributed by atoms with van der Waals surface area (Å²) in [5, 5.41) is 2.61. The van der Waals surface area contributed by atoms with E-state index >= 15 is 0 Å². The number of benzene rings is 2. The van der Waals surface area contributed by atoms with Gasteiger partial charge in [0, 0.05) is 18.7 Å². The fourth-order valence-electron chi connectivity index (χ4n) is 2.51. The molecule has 0 saturated carbocycles. The maximum Gasteiger partial charge on any atom is 0.252 e. The molecule has 0 fully saturated rings. The molecule has 2 aromatic rings. The summed E-state index contributed by atoms with van der Waals surface area (Å²) in [4.78, 5) is 12.3. The molecule has 0 saturated heterocycles. The maximum absolute atomic E-state index is 13.4. The normalized spacial score (nSPS) is 10.9. The summed E-state index contributed by atoms with van der Waals surface area (Å²) >= 11 is 0. The molecule has 2 aromatic carbocycles. The number of nitrogens with zero attached hydrogens (tertiary/aromatic N) is 1. The number of nitrogens with one attached hydrogen (secondary N) is 1. The second-order valence-electron chi connectivity index (χ2n) is 5.87. The molecule has 8 heteroatoms. The molecule has 0 aliphatic heterocycles. The average molecular weight is 418 g/mol. The SMILES string of the molecule is CCN(CC)S(=O)(=O)c1ccc(C(=O)NCC#CCOc2ccccc2F)cc1. The van der Waals surface area contributed by atoms with E-state index in [-0.39, 0.29) is 29.7 Å². The molecule has 1 N–H and O–H groups in total. The fourth-order valence-corrected chi connectivity index (χ4v) is 3.96. The van der Waals surface area contributed by atoms with Gasteiger partial charge in [-0.15, -0.1) is 0 Å². The van der Waals surface area contributed by atoms with Crippen LogP contribution in [0.15, 0.2) is 53.4 Å². The molecule has 2 rings (SSSR count). The van der Waals surface area contributed by atoms with Crippen LogP contribution in [-0.4, -0.2) is 44.9 Å². The lowest BCUT2D eigenvalue weighted by atomic mass is 10.2. The third kappa shape index (κ3) is 6.04. The van der Waals surface area contributed by atoms with E-state index in [0.717, 1.165) is 0 Å². The predicted octanol–water partition coefficient (Wildman–Crippen LogP) is 2.67. The van der Waals surface area contributed by atoms with E-state index in [4.69, 9.17) is 4.74 Å². The van der Waals surface area contributed by atoms with Crippen molar-refractivity contribution in [3.8, 4) is 17.6 Å². The number of halogens is 1. The maximum atomic E-state index is 13.4. The minimum atomic E-state index is -3.56. The van der Waals surface area contributed by atoms with E-state index < -0.39 is 15.8 Å².